The van der Waals surface area contributed by atoms with Crippen LogP contribution in [0.3, 0.4) is 0 Å². The molecule has 0 saturated carbocycles. The van der Waals surface area contributed by atoms with Gasteiger partial charge in [-0.15, -0.1) is 23.5 Å². The number of nitrogens with zero attached hydrogens (tertiary/aromatic N) is 1. The normalized spacial score (nSPS) is 17.3. The Kier molecular flexibility index (Phi) is 7.39. The zero-order valence-electron chi connectivity index (χ0n) is 21.1. The number of fused-ring (bicyclic) bond motifs is 2. The Morgan fingerprint density at radius 3 is 2.38 bits per heavy atom. The number of ketones is 1. The zero-order chi connectivity index (χ0) is 26.6. The number of Topliss-reactive ketones (excluding diaryl/α,β-unsaturated/α-hetero) is 1. The fraction of sp³-hybridized carbons (Fsp3) is 0.0909. The summed E-state index contributed by atoms with van der Waals surface area (Å²) in [6.07, 6.45) is 8.27. The zero-order valence-corrected chi connectivity index (χ0v) is 22.7. The molecular weight excluding hydrogens is 521 g/mol. The number of rotatable bonds is 6. The van der Waals surface area contributed by atoms with Crippen molar-refractivity contribution < 1.29 is 9.59 Å². The van der Waals surface area contributed by atoms with Crippen LogP contribution in [-0.2, 0) is 0 Å². The molecule has 39 heavy (non-hydrogen) atoms. The Morgan fingerprint density at radius 2 is 1.54 bits per heavy atom. The van der Waals surface area contributed by atoms with Gasteiger partial charge in [0.15, 0.2) is 5.78 Å². The van der Waals surface area contributed by atoms with Gasteiger partial charge in [-0.05, 0) is 41.5 Å². The van der Waals surface area contributed by atoms with Crippen LogP contribution in [-0.4, -0.2) is 28.9 Å². The van der Waals surface area contributed by atoms with Gasteiger partial charge in [-0.1, -0.05) is 97.1 Å². The molecule has 0 aromatic heterocycles. The summed E-state index contributed by atoms with van der Waals surface area (Å²) in [6, 6.07) is 33.3. The molecule has 4 aromatic carbocycles. The maximum absolute atomic E-state index is 13.6. The number of anilines is 2. The van der Waals surface area contributed by atoms with Crippen molar-refractivity contribution in [3.63, 3.8) is 0 Å². The molecule has 0 bridgehead atoms. The quantitative estimate of drug-likeness (QED) is 0.195. The summed E-state index contributed by atoms with van der Waals surface area (Å²) in [7, 11) is 0. The highest BCUT2D eigenvalue weighted by molar-refractivity contribution is 8.00. The van der Waals surface area contributed by atoms with E-state index in [9.17, 15) is 9.59 Å². The SMILES string of the molecule is O=C(CSc1cccc(NC(=O)N2c3ccccc3SC3C=CC=CC32)c1)c1ccc(-c2ccccc2)cc1. The lowest BCUT2D eigenvalue weighted by Crippen LogP contribution is -2.49. The Bertz CT molecular complexity index is 1560. The van der Waals surface area contributed by atoms with E-state index < -0.39 is 0 Å². The number of carbonyl (C=O) groups is 2. The highest BCUT2D eigenvalue weighted by Crippen LogP contribution is 2.43. The molecule has 0 fully saturated rings. The summed E-state index contributed by atoms with van der Waals surface area (Å²) in [5.41, 5.74) is 4.52. The van der Waals surface area contributed by atoms with Crippen LogP contribution in [0, 0.1) is 0 Å². The molecule has 0 radical (unpaired) electrons. The number of urea groups is 1. The number of para-hydroxylation sites is 1. The lowest BCUT2D eigenvalue weighted by Gasteiger charge is -2.40. The maximum Gasteiger partial charge on any atom is 0.326 e. The topological polar surface area (TPSA) is 49.4 Å². The largest absolute Gasteiger partial charge is 0.326 e. The number of hydrogen-bond donors (Lipinski definition) is 1. The first-order chi connectivity index (χ1) is 19.2. The van der Waals surface area contributed by atoms with Gasteiger partial charge in [0, 0.05) is 21.0 Å². The molecule has 1 aliphatic heterocycles. The second-order valence-corrected chi connectivity index (χ2v) is 11.6. The van der Waals surface area contributed by atoms with E-state index in [1.54, 1.807) is 11.8 Å². The number of thioether (sulfide) groups is 2. The third kappa shape index (κ3) is 5.58. The monoisotopic (exact) mass is 546 g/mol. The van der Waals surface area contributed by atoms with Crippen molar-refractivity contribution in [2.45, 2.75) is 21.1 Å². The Balaban J connectivity index is 1.12. The molecule has 1 N–H and O–H groups in total. The fourth-order valence-corrected chi connectivity index (χ4v) is 6.89. The highest BCUT2D eigenvalue weighted by atomic mass is 32.2. The summed E-state index contributed by atoms with van der Waals surface area (Å²) in [4.78, 5) is 30.3. The first kappa shape index (κ1) is 25.3. The standard InChI is InChI=1S/C33H26N2O2S2/c36-30(25-19-17-24(18-20-25)23-9-2-1-3-10-23)22-38-27-12-8-11-26(21-27)34-33(37)35-28-13-4-6-15-31(28)39-32-16-7-5-14-29(32)35/h1-21,28,31H,22H2,(H,34,37). The Morgan fingerprint density at radius 1 is 0.795 bits per heavy atom. The van der Waals surface area contributed by atoms with Crippen LogP contribution in [0.4, 0.5) is 16.2 Å². The fourth-order valence-electron chi connectivity index (χ4n) is 4.78. The minimum atomic E-state index is -0.172. The van der Waals surface area contributed by atoms with Crippen molar-refractivity contribution in [3.8, 4) is 11.1 Å². The summed E-state index contributed by atoms with van der Waals surface area (Å²) < 4.78 is 0. The summed E-state index contributed by atoms with van der Waals surface area (Å²) in [5, 5.41) is 3.26. The van der Waals surface area contributed by atoms with E-state index in [2.05, 4.69) is 35.7 Å². The first-order valence-electron chi connectivity index (χ1n) is 12.8. The Labute approximate surface area is 236 Å². The lowest BCUT2D eigenvalue weighted by molar-refractivity contribution is 0.102. The minimum Gasteiger partial charge on any atom is -0.307 e. The first-order valence-corrected chi connectivity index (χ1v) is 14.6. The molecule has 0 saturated heterocycles. The van der Waals surface area contributed by atoms with Crippen LogP contribution in [0.5, 0.6) is 0 Å². The van der Waals surface area contributed by atoms with Crippen molar-refractivity contribution in [3.05, 3.63) is 133 Å². The highest BCUT2D eigenvalue weighted by Gasteiger charge is 2.36. The van der Waals surface area contributed by atoms with E-state index in [1.807, 2.05) is 102 Å². The van der Waals surface area contributed by atoms with Gasteiger partial charge in [0.1, 0.15) is 0 Å². The molecule has 0 spiro atoms. The van der Waals surface area contributed by atoms with Crippen LogP contribution < -0.4 is 10.2 Å². The third-order valence-electron chi connectivity index (χ3n) is 6.73. The molecular formula is C33H26N2O2S2. The maximum atomic E-state index is 13.6. The summed E-state index contributed by atoms with van der Waals surface area (Å²) >= 11 is 3.25. The molecule has 1 heterocycles. The van der Waals surface area contributed by atoms with E-state index in [0.717, 1.165) is 26.6 Å². The smallest absolute Gasteiger partial charge is 0.307 e. The van der Waals surface area contributed by atoms with Crippen molar-refractivity contribution in [2.75, 3.05) is 16.0 Å². The molecule has 6 heteroatoms. The minimum absolute atomic E-state index is 0.0571. The van der Waals surface area contributed by atoms with E-state index in [0.29, 0.717) is 17.0 Å². The second kappa shape index (κ2) is 11.4. The molecule has 4 nitrogen and oxygen atoms in total. The number of carbonyl (C=O) groups excluding carboxylic acids is 2. The predicted octanol–water partition coefficient (Wildman–Crippen LogP) is 8.34. The Hall–Kier alpha value is -4.00. The number of nitrogens with one attached hydrogen (secondary N) is 1. The van der Waals surface area contributed by atoms with Crippen LogP contribution >= 0.6 is 23.5 Å². The van der Waals surface area contributed by atoms with Gasteiger partial charge >= 0.3 is 6.03 Å². The number of allylic oxidation sites excluding steroid dienone is 2. The molecule has 192 valence electrons. The van der Waals surface area contributed by atoms with E-state index in [4.69, 9.17) is 0 Å². The van der Waals surface area contributed by atoms with Gasteiger partial charge in [0.2, 0.25) is 0 Å². The molecule has 2 unspecified atom stereocenters. The molecule has 6 rings (SSSR count). The number of amides is 2. The second-order valence-electron chi connectivity index (χ2n) is 9.29. The van der Waals surface area contributed by atoms with Crippen molar-refractivity contribution in [2.24, 2.45) is 0 Å². The molecule has 2 amide bonds. The number of benzene rings is 4. The van der Waals surface area contributed by atoms with Gasteiger partial charge in [0.05, 0.1) is 22.7 Å². The van der Waals surface area contributed by atoms with Crippen LogP contribution in [0.15, 0.2) is 137 Å². The molecule has 2 aliphatic rings. The van der Waals surface area contributed by atoms with Gasteiger partial charge in [-0.2, -0.15) is 0 Å². The summed E-state index contributed by atoms with van der Waals surface area (Å²) in [6.45, 7) is 0. The van der Waals surface area contributed by atoms with Gasteiger partial charge in [-0.3, -0.25) is 9.69 Å². The van der Waals surface area contributed by atoms with Crippen molar-refractivity contribution >= 4 is 46.7 Å². The van der Waals surface area contributed by atoms with E-state index >= 15 is 0 Å². The summed E-state index contributed by atoms with van der Waals surface area (Å²) in [5.74, 6) is 0.388. The molecule has 1 aliphatic carbocycles. The van der Waals surface area contributed by atoms with E-state index in [-0.39, 0.29) is 23.1 Å². The average molecular weight is 547 g/mol. The van der Waals surface area contributed by atoms with E-state index in [1.165, 1.54) is 11.8 Å². The predicted molar refractivity (Wildman–Crippen MR) is 163 cm³/mol. The number of hydrogen-bond acceptors (Lipinski definition) is 4. The average Bonchev–Trinajstić information content (AvgIpc) is 2.99. The third-order valence-corrected chi connectivity index (χ3v) is 9.03. The van der Waals surface area contributed by atoms with Gasteiger partial charge < -0.3 is 5.32 Å². The van der Waals surface area contributed by atoms with Gasteiger partial charge in [0.25, 0.3) is 0 Å². The lowest BCUT2D eigenvalue weighted by atomic mass is 10.0. The van der Waals surface area contributed by atoms with Crippen molar-refractivity contribution in [1.29, 1.82) is 0 Å². The van der Waals surface area contributed by atoms with Crippen LogP contribution in [0.25, 0.3) is 11.1 Å². The molecule has 2 atom stereocenters. The van der Waals surface area contributed by atoms with Gasteiger partial charge in [-0.25, -0.2) is 4.79 Å². The van der Waals surface area contributed by atoms with Crippen LogP contribution in [0.1, 0.15) is 10.4 Å². The molecule has 4 aromatic rings. The van der Waals surface area contributed by atoms with Crippen molar-refractivity contribution in [1.82, 2.24) is 0 Å². The van der Waals surface area contributed by atoms with Crippen LogP contribution in [0.2, 0.25) is 0 Å².